The summed E-state index contributed by atoms with van der Waals surface area (Å²) in [4.78, 5) is 10.8. The lowest BCUT2D eigenvalue weighted by Crippen LogP contribution is -2.34. The highest BCUT2D eigenvalue weighted by atomic mass is 32.3. The molecule has 0 aliphatic carbocycles. The van der Waals surface area contributed by atoms with E-state index >= 15 is 0 Å². The topological polar surface area (TPSA) is 78.8 Å². The molecule has 0 spiro atoms. The maximum Gasteiger partial charge on any atom is 0.509 e. The van der Waals surface area contributed by atoms with Gasteiger partial charge in [0.2, 0.25) is 0 Å². The molecule has 0 radical (unpaired) electrons. The number of rotatable bonds is 5. The van der Waals surface area contributed by atoms with Gasteiger partial charge in [-0.1, -0.05) is 6.58 Å². The molecular formula is C7H12F3NO4S. The summed E-state index contributed by atoms with van der Waals surface area (Å²) in [7, 11) is -4.88. The van der Waals surface area contributed by atoms with Gasteiger partial charge in [0.05, 0.1) is 0 Å². The molecule has 0 bridgehead atoms. The predicted molar refractivity (Wildman–Crippen MR) is 52.7 cm³/mol. The lowest BCUT2D eigenvalue weighted by atomic mass is 10.4. The first-order valence-electron chi connectivity index (χ1n) is 3.99. The first kappa shape index (κ1) is 15.2. The van der Waals surface area contributed by atoms with E-state index in [-0.39, 0.29) is 5.57 Å². The van der Waals surface area contributed by atoms with E-state index in [1.807, 2.05) is 0 Å². The summed E-state index contributed by atoms with van der Waals surface area (Å²) in [6.45, 7) is 3.68. The molecule has 0 aromatic heterocycles. The number of alkyl halides is 3. The molecule has 0 heterocycles. The van der Waals surface area contributed by atoms with Crippen LogP contribution >= 0.6 is 10.8 Å². The van der Waals surface area contributed by atoms with Gasteiger partial charge in [0.25, 0.3) is 0 Å². The molecule has 96 valence electrons. The Labute approximate surface area is 91.8 Å². The summed E-state index contributed by atoms with van der Waals surface area (Å²) in [5.41, 5.74) is -5.05. The highest BCUT2D eigenvalue weighted by Crippen LogP contribution is 2.51. The fourth-order valence-electron chi connectivity index (χ4n) is 0.533. The Morgan fingerprint density at radius 1 is 1.50 bits per heavy atom. The molecule has 0 aliphatic rings. The monoisotopic (exact) mass is 263 g/mol. The third-order valence-electron chi connectivity index (χ3n) is 1.31. The first-order chi connectivity index (χ1) is 7.08. The molecule has 0 atom stereocenters. The van der Waals surface area contributed by atoms with E-state index in [4.69, 9.17) is 9.11 Å². The Morgan fingerprint density at radius 2 is 2.00 bits per heavy atom. The molecule has 0 fully saturated rings. The normalized spacial score (nSPS) is 13.4. The van der Waals surface area contributed by atoms with Crippen molar-refractivity contribution >= 4 is 16.7 Å². The number of esters is 1. The maximum absolute atomic E-state index is 11.9. The van der Waals surface area contributed by atoms with Crippen LogP contribution in [0.5, 0.6) is 0 Å². The highest BCUT2D eigenvalue weighted by Gasteiger charge is 2.45. The summed E-state index contributed by atoms with van der Waals surface area (Å²) < 4.78 is 58.7. The summed E-state index contributed by atoms with van der Waals surface area (Å²) in [5.74, 6) is -0.759. The Bertz CT molecular complexity index is 279. The standard InChI is InChI=1S/C7H12F3NO4S/c1-5(2)6(12)15-4-3-11-16(13,14)7(8,9)10/h11,13-14H,1,3-4H2,2H3. The van der Waals surface area contributed by atoms with E-state index in [0.717, 1.165) is 0 Å². The van der Waals surface area contributed by atoms with Crippen LogP contribution in [0.2, 0.25) is 0 Å². The summed E-state index contributed by atoms with van der Waals surface area (Å²) in [5, 5.41) is 0. The molecule has 0 saturated carbocycles. The van der Waals surface area contributed by atoms with Crippen molar-refractivity contribution in [3.63, 3.8) is 0 Å². The van der Waals surface area contributed by atoms with Gasteiger partial charge in [-0.15, -0.1) is 0 Å². The molecule has 0 rings (SSSR count). The fourth-order valence-corrected chi connectivity index (χ4v) is 1.06. The number of ether oxygens (including phenoxy) is 1. The van der Waals surface area contributed by atoms with Gasteiger partial charge in [0, 0.05) is 12.1 Å². The van der Waals surface area contributed by atoms with Crippen molar-refractivity contribution in [1.82, 2.24) is 4.72 Å². The predicted octanol–water partition coefficient (Wildman–Crippen LogP) is 1.88. The van der Waals surface area contributed by atoms with E-state index in [1.165, 1.54) is 11.6 Å². The number of halogens is 3. The lowest BCUT2D eigenvalue weighted by Gasteiger charge is -2.33. The number of hydrogen-bond acceptors (Lipinski definition) is 5. The Morgan fingerprint density at radius 3 is 2.38 bits per heavy atom. The third kappa shape index (κ3) is 4.84. The minimum absolute atomic E-state index is 0.0995. The average molecular weight is 263 g/mol. The van der Waals surface area contributed by atoms with Gasteiger partial charge in [-0.2, -0.15) is 13.2 Å². The smallest absolute Gasteiger partial charge is 0.461 e. The van der Waals surface area contributed by atoms with Crippen molar-refractivity contribution in [3.05, 3.63) is 12.2 Å². The van der Waals surface area contributed by atoms with Crippen LogP contribution in [0.1, 0.15) is 6.92 Å². The van der Waals surface area contributed by atoms with Crippen molar-refractivity contribution in [2.75, 3.05) is 13.2 Å². The van der Waals surface area contributed by atoms with Gasteiger partial charge in [0.1, 0.15) is 6.61 Å². The van der Waals surface area contributed by atoms with E-state index in [0.29, 0.717) is 0 Å². The number of carbonyl (C=O) groups excluding carboxylic acids is 1. The molecule has 0 aromatic rings. The van der Waals surface area contributed by atoms with E-state index in [9.17, 15) is 18.0 Å². The molecular weight excluding hydrogens is 251 g/mol. The quantitative estimate of drug-likeness (QED) is 0.401. The van der Waals surface area contributed by atoms with E-state index < -0.39 is 35.4 Å². The fraction of sp³-hybridized carbons (Fsp3) is 0.571. The van der Waals surface area contributed by atoms with Gasteiger partial charge in [-0.05, 0) is 17.7 Å². The molecule has 9 heteroatoms. The highest BCUT2D eigenvalue weighted by molar-refractivity contribution is 8.23. The van der Waals surface area contributed by atoms with Crippen molar-refractivity contribution in [1.29, 1.82) is 0 Å². The Balaban J connectivity index is 3.92. The Hall–Kier alpha value is -0.770. The molecule has 0 saturated heterocycles. The van der Waals surface area contributed by atoms with Crippen LogP contribution < -0.4 is 4.72 Å². The van der Waals surface area contributed by atoms with Crippen LogP contribution in [-0.2, 0) is 9.53 Å². The van der Waals surface area contributed by atoms with E-state index in [2.05, 4.69) is 11.3 Å². The number of nitrogens with one attached hydrogen (secondary N) is 1. The van der Waals surface area contributed by atoms with Crippen molar-refractivity contribution in [2.24, 2.45) is 0 Å². The molecule has 16 heavy (non-hydrogen) atoms. The average Bonchev–Trinajstić information content (AvgIpc) is 2.09. The zero-order valence-electron chi connectivity index (χ0n) is 8.37. The van der Waals surface area contributed by atoms with Crippen LogP contribution in [0.25, 0.3) is 0 Å². The van der Waals surface area contributed by atoms with Gasteiger partial charge < -0.3 is 4.74 Å². The number of carbonyl (C=O) groups is 1. The lowest BCUT2D eigenvalue weighted by molar-refractivity contribution is -0.138. The second-order valence-electron chi connectivity index (χ2n) is 2.81. The van der Waals surface area contributed by atoms with Gasteiger partial charge >= 0.3 is 11.5 Å². The van der Waals surface area contributed by atoms with Crippen LogP contribution in [-0.4, -0.2) is 33.7 Å². The van der Waals surface area contributed by atoms with Crippen molar-refractivity contribution in [3.8, 4) is 0 Å². The Kier molecular flexibility index (Phi) is 5.26. The van der Waals surface area contributed by atoms with Gasteiger partial charge in [-0.3, -0.25) is 9.11 Å². The molecule has 5 nitrogen and oxygen atoms in total. The van der Waals surface area contributed by atoms with E-state index in [1.54, 1.807) is 0 Å². The summed E-state index contributed by atoms with van der Waals surface area (Å²) >= 11 is 0. The molecule has 0 unspecified atom stereocenters. The minimum atomic E-state index is -5.15. The first-order valence-corrected chi connectivity index (χ1v) is 5.54. The molecule has 0 amide bonds. The summed E-state index contributed by atoms with van der Waals surface area (Å²) in [6.07, 6.45) is 0. The van der Waals surface area contributed by atoms with Gasteiger partial charge in [0.15, 0.2) is 0 Å². The minimum Gasteiger partial charge on any atom is -0.461 e. The number of hydrogen-bond donors (Lipinski definition) is 3. The van der Waals surface area contributed by atoms with Crippen LogP contribution in [0, 0.1) is 0 Å². The largest absolute Gasteiger partial charge is 0.509 e. The van der Waals surface area contributed by atoms with Crippen LogP contribution in [0.3, 0.4) is 0 Å². The zero-order chi connectivity index (χ0) is 13.0. The second-order valence-corrected chi connectivity index (χ2v) is 4.65. The van der Waals surface area contributed by atoms with Crippen molar-refractivity contribution in [2.45, 2.75) is 12.4 Å². The van der Waals surface area contributed by atoms with Crippen LogP contribution in [0.4, 0.5) is 13.2 Å². The third-order valence-corrected chi connectivity index (χ3v) is 2.56. The zero-order valence-corrected chi connectivity index (χ0v) is 9.19. The molecule has 0 aromatic carbocycles. The van der Waals surface area contributed by atoms with Gasteiger partial charge in [-0.25, -0.2) is 9.52 Å². The molecule has 3 N–H and O–H groups in total. The molecule has 0 aliphatic heterocycles. The maximum atomic E-state index is 11.9. The summed E-state index contributed by atoms with van der Waals surface area (Å²) in [6, 6.07) is 0. The van der Waals surface area contributed by atoms with Crippen molar-refractivity contribution < 1.29 is 31.8 Å². The SMILES string of the molecule is C=C(C)C(=O)OCCNS(O)(O)C(F)(F)F. The van der Waals surface area contributed by atoms with Crippen LogP contribution in [0.15, 0.2) is 12.2 Å². The second kappa shape index (κ2) is 5.53.